The van der Waals surface area contributed by atoms with Gasteiger partial charge in [-0.05, 0) is 51.7 Å². The van der Waals surface area contributed by atoms with Gasteiger partial charge >= 0.3 is 7.12 Å². The third kappa shape index (κ3) is 2.90. The van der Waals surface area contributed by atoms with Crippen LogP contribution in [0.4, 0.5) is 0 Å². The van der Waals surface area contributed by atoms with Crippen molar-refractivity contribution in [2.24, 2.45) is 0 Å². The molecular weight excluding hydrogens is 315 g/mol. The Morgan fingerprint density at radius 3 is 2.28 bits per heavy atom. The van der Waals surface area contributed by atoms with Crippen LogP contribution in [0.3, 0.4) is 0 Å². The van der Waals surface area contributed by atoms with Crippen molar-refractivity contribution in [2.75, 3.05) is 0 Å². The van der Waals surface area contributed by atoms with E-state index in [1.807, 2.05) is 64.1 Å². The number of nitrogens with one attached hydrogen (secondary N) is 1. The smallest absolute Gasteiger partial charge is 0.399 e. The second kappa shape index (κ2) is 5.87. The molecule has 0 saturated carbocycles. The lowest BCUT2D eigenvalue weighted by atomic mass is 9.74. The van der Waals surface area contributed by atoms with Crippen molar-refractivity contribution in [3.8, 4) is 17.2 Å². The van der Waals surface area contributed by atoms with Crippen LogP contribution >= 0.6 is 0 Å². The van der Waals surface area contributed by atoms with Gasteiger partial charge in [0.05, 0.1) is 11.2 Å². The number of H-pyrrole nitrogens is 1. The molecule has 3 rings (SSSR count). The second-order valence-corrected chi connectivity index (χ2v) is 7.36. The molecule has 0 spiro atoms. The number of nitriles is 1. The molecule has 2 aromatic rings. The minimum absolute atomic E-state index is 0.0922. The Morgan fingerprint density at radius 2 is 1.68 bits per heavy atom. The Labute approximate surface area is 147 Å². The van der Waals surface area contributed by atoms with E-state index in [0.29, 0.717) is 11.3 Å². The zero-order valence-electron chi connectivity index (χ0n) is 15.1. The van der Waals surface area contributed by atoms with E-state index in [0.717, 1.165) is 11.0 Å². The fourth-order valence-corrected chi connectivity index (χ4v) is 2.93. The second-order valence-electron chi connectivity index (χ2n) is 7.36. The lowest BCUT2D eigenvalue weighted by Crippen LogP contribution is -2.41. The number of aromatic amines is 1. The first-order valence-electron chi connectivity index (χ1n) is 8.25. The zero-order chi connectivity index (χ0) is 18.4. The first-order valence-corrected chi connectivity index (χ1v) is 8.25. The summed E-state index contributed by atoms with van der Waals surface area (Å²) in [5.74, 6) is 0. The van der Waals surface area contributed by atoms with Crippen LogP contribution < -0.4 is 11.0 Å². The number of benzene rings is 1. The molecule has 0 unspecified atom stereocenters. The van der Waals surface area contributed by atoms with Crippen molar-refractivity contribution in [1.82, 2.24) is 4.98 Å². The summed E-state index contributed by atoms with van der Waals surface area (Å²) in [7, 11) is -0.563. The third-order valence-corrected chi connectivity index (χ3v) is 5.04. The molecule has 1 aliphatic rings. The lowest BCUT2D eigenvalue weighted by Gasteiger charge is -2.32. The summed E-state index contributed by atoms with van der Waals surface area (Å²) in [6, 6.07) is 11.4. The van der Waals surface area contributed by atoms with Gasteiger partial charge in [-0.2, -0.15) is 5.26 Å². The van der Waals surface area contributed by atoms with Crippen LogP contribution in [0.2, 0.25) is 0 Å². The molecule has 1 aliphatic heterocycles. The van der Waals surface area contributed by atoms with Gasteiger partial charge in [0, 0.05) is 11.3 Å². The predicted octanol–water partition coefficient (Wildman–Crippen LogP) is 2.52. The van der Waals surface area contributed by atoms with E-state index in [1.54, 1.807) is 6.92 Å². The predicted molar refractivity (Wildman–Crippen MR) is 97.7 cm³/mol. The minimum atomic E-state index is -0.563. The number of nitrogens with zero attached hydrogens (tertiary/aromatic N) is 1. The van der Waals surface area contributed by atoms with Crippen molar-refractivity contribution >= 4 is 12.6 Å². The van der Waals surface area contributed by atoms with E-state index < -0.39 is 18.3 Å². The SMILES string of the molecule is Cc1cc(-c2ccccc2B2OC(C)(C)C(C)(C)O2)c(C#N)c(=O)[nH]1. The first-order chi connectivity index (χ1) is 11.7. The van der Waals surface area contributed by atoms with Gasteiger partial charge in [0.1, 0.15) is 11.6 Å². The van der Waals surface area contributed by atoms with Gasteiger partial charge in [-0.25, -0.2) is 0 Å². The lowest BCUT2D eigenvalue weighted by molar-refractivity contribution is 0.00578. The number of pyridine rings is 1. The maximum atomic E-state index is 12.2. The highest BCUT2D eigenvalue weighted by Crippen LogP contribution is 2.37. The maximum Gasteiger partial charge on any atom is 0.495 e. The topological polar surface area (TPSA) is 75.1 Å². The molecule has 2 heterocycles. The minimum Gasteiger partial charge on any atom is -0.399 e. The number of hydrogen-bond acceptors (Lipinski definition) is 4. The van der Waals surface area contributed by atoms with Crippen molar-refractivity contribution in [3.05, 3.63) is 51.9 Å². The van der Waals surface area contributed by atoms with Gasteiger partial charge in [0.2, 0.25) is 0 Å². The highest BCUT2D eigenvalue weighted by atomic mass is 16.7. The fourth-order valence-electron chi connectivity index (χ4n) is 2.93. The van der Waals surface area contributed by atoms with Gasteiger partial charge in [-0.3, -0.25) is 4.79 Å². The molecule has 1 fully saturated rings. The average Bonchev–Trinajstić information content (AvgIpc) is 2.74. The molecule has 0 radical (unpaired) electrons. The van der Waals surface area contributed by atoms with Gasteiger partial charge in [-0.1, -0.05) is 24.3 Å². The zero-order valence-corrected chi connectivity index (χ0v) is 15.1. The standard InChI is InChI=1S/C19H21BN2O3/c1-12-10-14(15(11-21)17(23)22-12)13-8-6-7-9-16(13)20-24-18(2,3)19(4,5)25-20/h6-10H,1-5H3,(H,22,23). The first kappa shape index (κ1) is 17.5. The average molecular weight is 336 g/mol. The molecule has 6 heteroatoms. The molecule has 0 bridgehead atoms. The summed E-state index contributed by atoms with van der Waals surface area (Å²) in [5.41, 5.74) is 1.64. The number of hydrogen-bond donors (Lipinski definition) is 1. The summed E-state index contributed by atoms with van der Waals surface area (Å²) >= 11 is 0. The van der Waals surface area contributed by atoms with E-state index in [1.165, 1.54) is 0 Å². The summed E-state index contributed by atoms with van der Waals surface area (Å²) in [4.78, 5) is 14.8. The quantitative estimate of drug-likeness (QED) is 0.855. The van der Waals surface area contributed by atoms with E-state index in [4.69, 9.17) is 9.31 Å². The molecule has 1 saturated heterocycles. The number of aryl methyl sites for hydroxylation is 1. The van der Waals surface area contributed by atoms with Crippen LogP contribution in [0, 0.1) is 18.3 Å². The summed E-state index contributed by atoms with van der Waals surface area (Å²) in [5, 5.41) is 9.44. The van der Waals surface area contributed by atoms with Crippen molar-refractivity contribution < 1.29 is 9.31 Å². The van der Waals surface area contributed by atoms with E-state index in [2.05, 4.69) is 4.98 Å². The number of rotatable bonds is 2. The molecule has 1 aromatic carbocycles. The van der Waals surface area contributed by atoms with E-state index in [9.17, 15) is 10.1 Å². The molecule has 0 atom stereocenters. The fraction of sp³-hybridized carbons (Fsp3) is 0.368. The monoisotopic (exact) mass is 336 g/mol. The summed E-state index contributed by atoms with van der Waals surface area (Å²) in [6.07, 6.45) is 0. The van der Waals surface area contributed by atoms with Crippen LogP contribution in [0.25, 0.3) is 11.1 Å². The molecule has 25 heavy (non-hydrogen) atoms. The van der Waals surface area contributed by atoms with Crippen molar-refractivity contribution in [1.29, 1.82) is 5.26 Å². The Bertz CT molecular complexity index is 909. The summed E-state index contributed by atoms with van der Waals surface area (Å²) < 4.78 is 12.3. The van der Waals surface area contributed by atoms with Crippen LogP contribution in [0.15, 0.2) is 35.1 Å². The Hall–Kier alpha value is -2.36. The highest BCUT2D eigenvalue weighted by molar-refractivity contribution is 6.63. The van der Waals surface area contributed by atoms with Gasteiger partial charge in [0.25, 0.3) is 5.56 Å². The van der Waals surface area contributed by atoms with E-state index >= 15 is 0 Å². The molecule has 1 N–H and O–H groups in total. The Kier molecular flexibility index (Phi) is 4.10. The van der Waals surface area contributed by atoms with Crippen LogP contribution in [-0.4, -0.2) is 23.3 Å². The maximum absolute atomic E-state index is 12.2. The van der Waals surface area contributed by atoms with Crippen molar-refractivity contribution in [2.45, 2.75) is 45.8 Å². The summed E-state index contributed by atoms with van der Waals surface area (Å²) in [6.45, 7) is 9.77. The largest absolute Gasteiger partial charge is 0.495 e. The molecule has 128 valence electrons. The van der Waals surface area contributed by atoms with Crippen LogP contribution in [0.1, 0.15) is 39.0 Å². The molecule has 0 amide bonds. The highest BCUT2D eigenvalue weighted by Gasteiger charge is 2.52. The third-order valence-electron chi connectivity index (χ3n) is 5.04. The van der Waals surface area contributed by atoms with E-state index in [-0.39, 0.29) is 11.1 Å². The van der Waals surface area contributed by atoms with Crippen LogP contribution in [0.5, 0.6) is 0 Å². The number of aromatic nitrogens is 1. The van der Waals surface area contributed by atoms with Gasteiger partial charge in [0.15, 0.2) is 0 Å². The molecular formula is C19H21BN2O3. The van der Waals surface area contributed by atoms with Gasteiger partial charge < -0.3 is 14.3 Å². The van der Waals surface area contributed by atoms with Crippen LogP contribution in [-0.2, 0) is 9.31 Å². The Balaban J connectivity index is 2.17. The molecule has 1 aromatic heterocycles. The van der Waals surface area contributed by atoms with Gasteiger partial charge in [-0.15, -0.1) is 0 Å². The van der Waals surface area contributed by atoms with Crippen molar-refractivity contribution in [3.63, 3.8) is 0 Å². The molecule has 0 aliphatic carbocycles. The Morgan fingerprint density at radius 1 is 1.08 bits per heavy atom. The molecule has 5 nitrogen and oxygen atoms in total. The normalized spacial score (nSPS) is 18.2.